The maximum Gasteiger partial charge on any atom is 0.227 e. The molecule has 4 nitrogen and oxygen atoms in total. The predicted octanol–water partition coefficient (Wildman–Crippen LogP) is 1.03. The molecule has 0 radical (unpaired) electrons. The van der Waals surface area contributed by atoms with Crippen molar-refractivity contribution in [2.24, 2.45) is 11.8 Å². The van der Waals surface area contributed by atoms with Crippen LogP contribution < -0.4 is 5.32 Å². The van der Waals surface area contributed by atoms with Gasteiger partial charge in [0.2, 0.25) is 5.91 Å². The lowest BCUT2D eigenvalue weighted by atomic mass is 9.97. The molecular weight excluding hydrogens is 226 g/mol. The van der Waals surface area contributed by atoms with Gasteiger partial charge in [0.15, 0.2) is 0 Å². The molecule has 1 amide bonds. The molecule has 0 aromatic carbocycles. The molecule has 1 fully saturated rings. The summed E-state index contributed by atoms with van der Waals surface area (Å²) in [5, 5.41) is 3.33. The SMILES string of the molecule is CC(C)CN(CCN(C)C)C(=O)[C@H]1CCCNC1. The highest BCUT2D eigenvalue weighted by Crippen LogP contribution is 2.14. The average Bonchev–Trinajstić information content (AvgIpc) is 2.34. The fourth-order valence-corrected chi connectivity index (χ4v) is 2.37. The van der Waals surface area contributed by atoms with Crippen LogP contribution in [0.1, 0.15) is 26.7 Å². The molecule has 0 bridgehead atoms. The summed E-state index contributed by atoms with van der Waals surface area (Å²) in [6.45, 7) is 8.94. The van der Waals surface area contributed by atoms with Crippen molar-refractivity contribution >= 4 is 5.91 Å². The molecule has 0 aromatic heterocycles. The monoisotopic (exact) mass is 255 g/mol. The molecule has 4 heteroatoms. The number of amides is 1. The Bertz CT molecular complexity index is 247. The summed E-state index contributed by atoms with van der Waals surface area (Å²) < 4.78 is 0. The molecule has 1 saturated heterocycles. The van der Waals surface area contributed by atoms with Gasteiger partial charge in [-0.05, 0) is 39.4 Å². The van der Waals surface area contributed by atoms with E-state index in [4.69, 9.17) is 0 Å². The minimum absolute atomic E-state index is 0.194. The van der Waals surface area contributed by atoms with Gasteiger partial charge >= 0.3 is 0 Å². The number of carbonyl (C=O) groups is 1. The first-order valence-corrected chi connectivity index (χ1v) is 7.15. The first-order chi connectivity index (χ1) is 8.50. The summed E-state index contributed by atoms with van der Waals surface area (Å²) in [6.07, 6.45) is 2.17. The highest BCUT2D eigenvalue weighted by molar-refractivity contribution is 5.79. The lowest BCUT2D eigenvalue weighted by Crippen LogP contribution is -2.46. The maximum absolute atomic E-state index is 12.5. The number of hydrogen-bond acceptors (Lipinski definition) is 3. The minimum atomic E-state index is 0.194. The van der Waals surface area contributed by atoms with Crippen molar-refractivity contribution in [3.8, 4) is 0 Å². The molecule has 1 heterocycles. The van der Waals surface area contributed by atoms with Crippen LogP contribution in [0.15, 0.2) is 0 Å². The van der Waals surface area contributed by atoms with E-state index >= 15 is 0 Å². The van der Waals surface area contributed by atoms with Gasteiger partial charge in [-0.2, -0.15) is 0 Å². The van der Waals surface area contributed by atoms with Gasteiger partial charge in [-0.25, -0.2) is 0 Å². The van der Waals surface area contributed by atoms with Gasteiger partial charge in [0.25, 0.3) is 0 Å². The van der Waals surface area contributed by atoms with Crippen molar-refractivity contribution in [2.45, 2.75) is 26.7 Å². The van der Waals surface area contributed by atoms with Crippen LogP contribution in [-0.2, 0) is 4.79 Å². The van der Waals surface area contributed by atoms with E-state index in [0.29, 0.717) is 11.8 Å². The first-order valence-electron chi connectivity index (χ1n) is 7.15. The summed E-state index contributed by atoms with van der Waals surface area (Å²) in [6, 6.07) is 0. The quantitative estimate of drug-likeness (QED) is 0.770. The fraction of sp³-hybridized carbons (Fsp3) is 0.929. The third-order valence-corrected chi connectivity index (χ3v) is 3.36. The smallest absolute Gasteiger partial charge is 0.227 e. The zero-order valence-electron chi connectivity index (χ0n) is 12.4. The minimum Gasteiger partial charge on any atom is -0.341 e. The molecule has 18 heavy (non-hydrogen) atoms. The number of piperidine rings is 1. The van der Waals surface area contributed by atoms with Crippen LogP contribution >= 0.6 is 0 Å². The topological polar surface area (TPSA) is 35.6 Å². The van der Waals surface area contributed by atoms with Crippen LogP contribution in [0.25, 0.3) is 0 Å². The summed E-state index contributed by atoms with van der Waals surface area (Å²) >= 11 is 0. The van der Waals surface area contributed by atoms with Crippen molar-refractivity contribution in [3.05, 3.63) is 0 Å². The Morgan fingerprint density at radius 2 is 2.06 bits per heavy atom. The highest BCUT2D eigenvalue weighted by Gasteiger charge is 2.26. The summed E-state index contributed by atoms with van der Waals surface area (Å²) in [5.41, 5.74) is 0. The van der Waals surface area contributed by atoms with E-state index in [9.17, 15) is 4.79 Å². The van der Waals surface area contributed by atoms with Gasteiger partial charge in [0.1, 0.15) is 0 Å². The zero-order valence-corrected chi connectivity index (χ0v) is 12.4. The van der Waals surface area contributed by atoms with Gasteiger partial charge in [0.05, 0.1) is 5.92 Å². The summed E-state index contributed by atoms with van der Waals surface area (Å²) in [4.78, 5) is 16.7. The predicted molar refractivity (Wildman–Crippen MR) is 75.6 cm³/mol. The van der Waals surface area contributed by atoms with Gasteiger partial charge in [0, 0.05) is 26.2 Å². The van der Waals surface area contributed by atoms with Crippen LogP contribution in [0.5, 0.6) is 0 Å². The van der Waals surface area contributed by atoms with E-state index in [-0.39, 0.29) is 5.92 Å². The molecule has 0 unspecified atom stereocenters. The third kappa shape index (κ3) is 5.36. The Balaban J connectivity index is 2.53. The molecular formula is C14H29N3O. The Labute approximate surface area is 112 Å². The normalized spacial score (nSPS) is 20.4. The molecule has 0 spiro atoms. The van der Waals surface area contributed by atoms with E-state index in [1.54, 1.807) is 0 Å². The standard InChI is InChI=1S/C14H29N3O/c1-12(2)11-17(9-8-16(3)4)14(18)13-6-5-7-15-10-13/h12-13,15H,5-11H2,1-4H3/t13-/m0/s1. The number of hydrogen-bond donors (Lipinski definition) is 1. The Kier molecular flexibility index (Phi) is 6.65. The van der Waals surface area contributed by atoms with E-state index in [0.717, 1.165) is 45.6 Å². The van der Waals surface area contributed by atoms with Gasteiger partial charge in [-0.1, -0.05) is 13.8 Å². The number of nitrogens with zero attached hydrogens (tertiary/aromatic N) is 2. The average molecular weight is 255 g/mol. The second-order valence-corrected chi connectivity index (χ2v) is 6.02. The van der Waals surface area contributed by atoms with E-state index < -0.39 is 0 Å². The van der Waals surface area contributed by atoms with Crippen molar-refractivity contribution in [1.82, 2.24) is 15.1 Å². The fourth-order valence-electron chi connectivity index (χ4n) is 2.37. The summed E-state index contributed by atoms with van der Waals surface area (Å²) in [5.74, 6) is 1.07. The Morgan fingerprint density at radius 1 is 1.33 bits per heavy atom. The zero-order chi connectivity index (χ0) is 13.5. The van der Waals surface area contributed by atoms with E-state index in [2.05, 4.69) is 43.1 Å². The maximum atomic E-state index is 12.5. The molecule has 1 atom stereocenters. The van der Waals surface area contributed by atoms with Gasteiger partial charge < -0.3 is 15.1 Å². The molecule has 0 aromatic rings. The van der Waals surface area contributed by atoms with Crippen LogP contribution in [0.4, 0.5) is 0 Å². The second kappa shape index (κ2) is 7.74. The molecule has 1 aliphatic rings. The van der Waals surface area contributed by atoms with Crippen molar-refractivity contribution in [1.29, 1.82) is 0 Å². The van der Waals surface area contributed by atoms with Crippen molar-refractivity contribution < 1.29 is 4.79 Å². The van der Waals surface area contributed by atoms with Crippen molar-refractivity contribution in [2.75, 3.05) is 46.8 Å². The summed E-state index contributed by atoms with van der Waals surface area (Å²) in [7, 11) is 4.11. The van der Waals surface area contributed by atoms with E-state index in [1.807, 2.05) is 0 Å². The third-order valence-electron chi connectivity index (χ3n) is 3.36. The molecule has 106 valence electrons. The Hall–Kier alpha value is -0.610. The van der Waals surface area contributed by atoms with E-state index in [1.165, 1.54) is 0 Å². The number of rotatable bonds is 6. The van der Waals surface area contributed by atoms with Crippen molar-refractivity contribution in [3.63, 3.8) is 0 Å². The van der Waals surface area contributed by atoms with Crippen LogP contribution in [0.3, 0.4) is 0 Å². The van der Waals surface area contributed by atoms with Crippen LogP contribution in [0, 0.1) is 11.8 Å². The van der Waals surface area contributed by atoms with Crippen LogP contribution in [-0.4, -0.2) is 62.5 Å². The number of nitrogens with one attached hydrogen (secondary N) is 1. The molecule has 0 saturated carbocycles. The van der Waals surface area contributed by atoms with Gasteiger partial charge in [-0.15, -0.1) is 0 Å². The van der Waals surface area contributed by atoms with Gasteiger partial charge in [-0.3, -0.25) is 4.79 Å². The first kappa shape index (κ1) is 15.4. The lowest BCUT2D eigenvalue weighted by Gasteiger charge is -2.31. The molecule has 1 rings (SSSR count). The highest BCUT2D eigenvalue weighted by atomic mass is 16.2. The molecule has 0 aliphatic carbocycles. The number of likely N-dealkylation sites (N-methyl/N-ethyl adjacent to an activating group) is 1. The van der Waals surface area contributed by atoms with Crippen LogP contribution in [0.2, 0.25) is 0 Å². The molecule has 1 N–H and O–H groups in total. The number of carbonyl (C=O) groups excluding carboxylic acids is 1. The molecule has 1 aliphatic heterocycles. The largest absolute Gasteiger partial charge is 0.341 e. The second-order valence-electron chi connectivity index (χ2n) is 6.02. The Morgan fingerprint density at radius 3 is 2.56 bits per heavy atom. The lowest BCUT2D eigenvalue weighted by molar-refractivity contribution is -0.136.